The third-order valence-electron chi connectivity index (χ3n) is 3.49. The lowest BCUT2D eigenvalue weighted by molar-refractivity contribution is -0.385. The molecule has 0 heterocycles. The molecule has 0 aromatic heterocycles. The predicted molar refractivity (Wildman–Crippen MR) is 98.2 cm³/mol. The second-order valence-electron chi connectivity index (χ2n) is 5.17. The molecule has 2 atom stereocenters. The molecule has 2 aromatic carbocycles. The zero-order valence-electron chi connectivity index (χ0n) is 13.1. The number of non-ortho nitro benzene ring substituents is 2. The predicted octanol–water partition coefficient (Wildman–Crippen LogP) is 5.71. The van der Waals surface area contributed by atoms with Crippen molar-refractivity contribution in [2.45, 2.75) is 24.3 Å². The largest absolute Gasteiger partial charge is 0.269 e. The topological polar surface area (TPSA) is 86.3 Å². The molecule has 0 bridgehead atoms. The molecule has 2 unspecified atom stereocenters. The van der Waals surface area contributed by atoms with Gasteiger partial charge in [0, 0.05) is 34.8 Å². The van der Waals surface area contributed by atoms with Gasteiger partial charge in [-0.1, -0.05) is 45.9 Å². The van der Waals surface area contributed by atoms with Crippen LogP contribution in [0.1, 0.15) is 35.5 Å². The highest BCUT2D eigenvalue weighted by Crippen LogP contribution is 2.45. The molecule has 0 fully saturated rings. The van der Waals surface area contributed by atoms with Crippen molar-refractivity contribution in [1.82, 2.24) is 0 Å². The summed E-state index contributed by atoms with van der Waals surface area (Å²) in [4.78, 5) is 20.5. The molecule has 0 spiro atoms. The molecular formula is C16H16N2O4S2. The van der Waals surface area contributed by atoms with Crippen LogP contribution in [0.5, 0.6) is 0 Å². The maximum Gasteiger partial charge on any atom is 0.269 e. The SMILES string of the molecule is CC(SSC(C)c1ccc([N+](=O)[O-])cc1)c1ccc([N+](=O)[O-])cc1. The molecular weight excluding hydrogens is 348 g/mol. The Morgan fingerprint density at radius 3 is 1.25 bits per heavy atom. The fourth-order valence-corrected chi connectivity index (χ4v) is 4.55. The summed E-state index contributed by atoms with van der Waals surface area (Å²) >= 11 is 0. The Kier molecular flexibility index (Phi) is 6.22. The molecule has 0 aliphatic carbocycles. The van der Waals surface area contributed by atoms with Crippen LogP contribution in [0.4, 0.5) is 11.4 Å². The lowest BCUT2D eigenvalue weighted by Crippen LogP contribution is -1.92. The maximum atomic E-state index is 10.7. The van der Waals surface area contributed by atoms with E-state index in [4.69, 9.17) is 0 Å². The standard InChI is InChI=1S/C16H16N2O4S2/c1-11(13-3-7-15(8-4-13)17(19)20)23-24-12(2)14-5-9-16(10-6-14)18(21)22/h3-12H,1-2H3. The molecule has 0 saturated heterocycles. The first kappa shape index (κ1) is 18.3. The van der Waals surface area contributed by atoms with Crippen LogP contribution in [0.3, 0.4) is 0 Å². The van der Waals surface area contributed by atoms with Crippen LogP contribution in [-0.2, 0) is 0 Å². The molecule has 0 aliphatic heterocycles. The van der Waals surface area contributed by atoms with Crippen molar-refractivity contribution >= 4 is 33.0 Å². The van der Waals surface area contributed by atoms with Crippen molar-refractivity contribution in [3.05, 3.63) is 79.9 Å². The van der Waals surface area contributed by atoms with Gasteiger partial charge in [-0.3, -0.25) is 20.2 Å². The number of nitro benzene ring substituents is 2. The van der Waals surface area contributed by atoms with Crippen molar-refractivity contribution in [3.8, 4) is 0 Å². The van der Waals surface area contributed by atoms with E-state index in [1.165, 1.54) is 24.3 Å². The Balaban J connectivity index is 1.93. The molecule has 0 radical (unpaired) electrons. The first-order chi connectivity index (χ1) is 11.4. The van der Waals surface area contributed by atoms with Gasteiger partial charge in [-0.2, -0.15) is 0 Å². The number of rotatable bonds is 7. The van der Waals surface area contributed by atoms with Crippen molar-refractivity contribution in [1.29, 1.82) is 0 Å². The van der Waals surface area contributed by atoms with Gasteiger partial charge >= 0.3 is 0 Å². The molecule has 126 valence electrons. The van der Waals surface area contributed by atoms with E-state index in [9.17, 15) is 20.2 Å². The van der Waals surface area contributed by atoms with E-state index < -0.39 is 9.85 Å². The summed E-state index contributed by atoms with van der Waals surface area (Å²) in [5, 5.41) is 21.7. The Morgan fingerprint density at radius 2 is 1.00 bits per heavy atom. The van der Waals surface area contributed by atoms with Crippen molar-refractivity contribution in [2.75, 3.05) is 0 Å². The van der Waals surface area contributed by atoms with Gasteiger partial charge < -0.3 is 0 Å². The monoisotopic (exact) mass is 364 g/mol. The number of nitrogens with zero attached hydrogens (tertiary/aromatic N) is 2. The smallest absolute Gasteiger partial charge is 0.258 e. The van der Waals surface area contributed by atoms with Gasteiger partial charge in [0.15, 0.2) is 0 Å². The lowest BCUT2D eigenvalue weighted by Gasteiger charge is -2.15. The zero-order chi connectivity index (χ0) is 17.7. The Labute approximate surface area is 147 Å². The minimum atomic E-state index is -0.410. The molecule has 2 aromatic rings. The summed E-state index contributed by atoms with van der Waals surface area (Å²) in [5.41, 5.74) is 2.22. The second kappa shape index (κ2) is 8.16. The van der Waals surface area contributed by atoms with Crippen LogP contribution in [-0.4, -0.2) is 9.85 Å². The third-order valence-corrected chi connectivity index (χ3v) is 6.79. The van der Waals surface area contributed by atoms with Gasteiger partial charge in [-0.05, 0) is 25.0 Å². The first-order valence-electron chi connectivity index (χ1n) is 7.19. The Bertz CT molecular complexity index is 656. The highest BCUT2D eigenvalue weighted by atomic mass is 33.1. The molecule has 24 heavy (non-hydrogen) atoms. The number of nitro groups is 2. The van der Waals surface area contributed by atoms with Crippen LogP contribution in [0.2, 0.25) is 0 Å². The molecule has 8 heteroatoms. The van der Waals surface area contributed by atoms with E-state index in [-0.39, 0.29) is 21.9 Å². The summed E-state index contributed by atoms with van der Waals surface area (Å²) in [7, 11) is 3.34. The second-order valence-corrected chi connectivity index (χ2v) is 8.13. The summed E-state index contributed by atoms with van der Waals surface area (Å²) < 4.78 is 0. The van der Waals surface area contributed by atoms with Gasteiger partial charge in [0.25, 0.3) is 11.4 Å². The Hall–Kier alpha value is -2.06. The van der Waals surface area contributed by atoms with Gasteiger partial charge in [0.2, 0.25) is 0 Å². The van der Waals surface area contributed by atoms with E-state index in [1.54, 1.807) is 45.9 Å². The quantitative estimate of drug-likeness (QED) is 0.355. The molecule has 0 saturated carbocycles. The van der Waals surface area contributed by atoms with Crippen molar-refractivity contribution < 1.29 is 9.85 Å². The highest BCUT2D eigenvalue weighted by Gasteiger charge is 2.14. The Morgan fingerprint density at radius 1 is 0.708 bits per heavy atom. The molecule has 0 N–H and O–H groups in total. The van der Waals surface area contributed by atoms with Gasteiger partial charge in [0.1, 0.15) is 0 Å². The summed E-state index contributed by atoms with van der Waals surface area (Å²) in [6.07, 6.45) is 0. The van der Waals surface area contributed by atoms with Crippen molar-refractivity contribution in [3.63, 3.8) is 0 Å². The number of benzene rings is 2. The van der Waals surface area contributed by atoms with E-state index in [0.717, 1.165) is 11.1 Å². The minimum Gasteiger partial charge on any atom is -0.258 e. The lowest BCUT2D eigenvalue weighted by atomic mass is 10.1. The van der Waals surface area contributed by atoms with Crippen molar-refractivity contribution in [2.24, 2.45) is 0 Å². The zero-order valence-corrected chi connectivity index (χ0v) is 14.8. The van der Waals surface area contributed by atoms with Crippen LogP contribution >= 0.6 is 21.6 Å². The van der Waals surface area contributed by atoms with Crippen LogP contribution < -0.4 is 0 Å². The minimum absolute atomic E-state index is 0.0860. The summed E-state index contributed by atoms with van der Waals surface area (Å²) in [5.74, 6) is 0. The highest BCUT2D eigenvalue weighted by molar-refractivity contribution is 8.76. The summed E-state index contributed by atoms with van der Waals surface area (Å²) in [6, 6.07) is 13.1. The average molecular weight is 364 g/mol. The molecule has 0 amide bonds. The van der Waals surface area contributed by atoms with E-state index in [1.807, 2.05) is 13.8 Å². The van der Waals surface area contributed by atoms with E-state index in [2.05, 4.69) is 0 Å². The molecule has 2 rings (SSSR count). The van der Waals surface area contributed by atoms with E-state index >= 15 is 0 Å². The van der Waals surface area contributed by atoms with Crippen LogP contribution in [0, 0.1) is 20.2 Å². The van der Waals surface area contributed by atoms with E-state index in [0.29, 0.717) is 0 Å². The normalized spacial score (nSPS) is 13.2. The van der Waals surface area contributed by atoms with Gasteiger partial charge in [-0.25, -0.2) is 0 Å². The number of hydrogen-bond acceptors (Lipinski definition) is 6. The average Bonchev–Trinajstić information content (AvgIpc) is 2.59. The number of hydrogen-bond donors (Lipinski definition) is 0. The fourth-order valence-electron chi connectivity index (χ4n) is 2.01. The van der Waals surface area contributed by atoms with Crippen LogP contribution in [0.15, 0.2) is 48.5 Å². The third kappa shape index (κ3) is 4.72. The maximum absolute atomic E-state index is 10.7. The first-order valence-corrected chi connectivity index (χ1v) is 9.47. The van der Waals surface area contributed by atoms with Gasteiger partial charge in [-0.15, -0.1) is 0 Å². The van der Waals surface area contributed by atoms with Gasteiger partial charge in [0.05, 0.1) is 9.85 Å². The van der Waals surface area contributed by atoms with Crippen LogP contribution in [0.25, 0.3) is 0 Å². The fraction of sp³-hybridized carbons (Fsp3) is 0.250. The summed E-state index contributed by atoms with van der Waals surface area (Å²) in [6.45, 7) is 4.09. The molecule has 0 aliphatic rings. The molecule has 6 nitrogen and oxygen atoms in total.